The smallest absolute Gasteiger partial charge is 0.228 e. The van der Waals surface area contributed by atoms with Crippen molar-refractivity contribution >= 4 is 11.6 Å². The summed E-state index contributed by atoms with van der Waals surface area (Å²) in [5, 5.41) is 11.7. The van der Waals surface area contributed by atoms with Gasteiger partial charge in [-0.05, 0) is 30.4 Å². The van der Waals surface area contributed by atoms with Gasteiger partial charge in [0.1, 0.15) is 17.4 Å². The molecule has 1 unspecified atom stereocenters. The number of carbonyl (C=O) groups is 1. The lowest BCUT2D eigenvalue weighted by molar-refractivity contribution is -0.124. The van der Waals surface area contributed by atoms with Gasteiger partial charge in [-0.25, -0.2) is 4.39 Å². The number of nitriles is 1. The first-order chi connectivity index (χ1) is 9.45. The van der Waals surface area contributed by atoms with E-state index in [-0.39, 0.29) is 28.5 Å². The fraction of sp³-hybridized carbons (Fsp3) is 0.500. The van der Waals surface area contributed by atoms with E-state index in [1.165, 1.54) is 12.1 Å². The Labute approximate surface area is 118 Å². The second kappa shape index (κ2) is 5.62. The first kappa shape index (κ1) is 14.5. The van der Waals surface area contributed by atoms with Gasteiger partial charge in [-0.3, -0.25) is 4.79 Å². The standard InChI is InChI=1S/C16H19FN2O/c1-16(2)9-4-3-6-12(16)15(20)19-14-8-5-7-13(17)11(14)10-18/h5,7-8,12H,3-4,6,9H2,1-2H3,(H,19,20). The zero-order valence-corrected chi connectivity index (χ0v) is 11.9. The summed E-state index contributed by atoms with van der Waals surface area (Å²) in [5.74, 6) is -0.809. The highest BCUT2D eigenvalue weighted by Crippen LogP contribution is 2.41. The summed E-state index contributed by atoms with van der Waals surface area (Å²) >= 11 is 0. The Balaban J connectivity index is 2.20. The molecule has 1 N–H and O–H groups in total. The number of hydrogen-bond donors (Lipinski definition) is 1. The summed E-state index contributed by atoms with van der Waals surface area (Å²) in [5.41, 5.74) is 0.107. The fourth-order valence-electron chi connectivity index (χ4n) is 2.94. The van der Waals surface area contributed by atoms with Crippen molar-refractivity contribution in [1.82, 2.24) is 0 Å². The molecule has 3 nitrogen and oxygen atoms in total. The van der Waals surface area contributed by atoms with Crippen LogP contribution in [0.2, 0.25) is 0 Å². The van der Waals surface area contributed by atoms with Crippen LogP contribution in [0.5, 0.6) is 0 Å². The lowest BCUT2D eigenvalue weighted by Gasteiger charge is -2.37. The molecule has 106 valence electrons. The summed E-state index contributed by atoms with van der Waals surface area (Å²) < 4.78 is 13.5. The quantitative estimate of drug-likeness (QED) is 0.890. The first-order valence-corrected chi connectivity index (χ1v) is 6.95. The summed E-state index contributed by atoms with van der Waals surface area (Å²) in [4.78, 5) is 12.4. The van der Waals surface area contributed by atoms with E-state index in [0.717, 1.165) is 25.7 Å². The van der Waals surface area contributed by atoms with Crippen LogP contribution in [0.4, 0.5) is 10.1 Å². The molecule has 1 fully saturated rings. The van der Waals surface area contributed by atoms with E-state index in [1.54, 1.807) is 12.1 Å². The van der Waals surface area contributed by atoms with Gasteiger partial charge in [0.05, 0.1) is 5.69 Å². The second-order valence-corrected chi connectivity index (χ2v) is 6.05. The maximum Gasteiger partial charge on any atom is 0.228 e. The molecule has 0 radical (unpaired) electrons. The zero-order chi connectivity index (χ0) is 14.8. The van der Waals surface area contributed by atoms with Gasteiger partial charge in [-0.2, -0.15) is 5.26 Å². The molecule has 1 aromatic rings. The molecule has 0 bridgehead atoms. The van der Waals surface area contributed by atoms with Crippen molar-refractivity contribution in [2.75, 3.05) is 5.32 Å². The average Bonchev–Trinajstić information content (AvgIpc) is 2.38. The minimum absolute atomic E-state index is 0.0531. The van der Waals surface area contributed by atoms with Crippen LogP contribution in [0, 0.1) is 28.5 Å². The number of rotatable bonds is 2. The molecule has 1 aliphatic carbocycles. The Bertz CT molecular complexity index is 560. The minimum atomic E-state index is -0.604. The maximum absolute atomic E-state index is 13.5. The predicted molar refractivity (Wildman–Crippen MR) is 75.5 cm³/mol. The van der Waals surface area contributed by atoms with E-state index in [2.05, 4.69) is 19.2 Å². The Kier molecular flexibility index (Phi) is 4.08. The van der Waals surface area contributed by atoms with Gasteiger partial charge in [0.15, 0.2) is 0 Å². The molecule has 1 aliphatic rings. The SMILES string of the molecule is CC1(C)CCCCC1C(=O)Nc1cccc(F)c1C#N. The molecule has 0 saturated heterocycles. The molecule has 1 aromatic carbocycles. The molecule has 20 heavy (non-hydrogen) atoms. The van der Waals surface area contributed by atoms with Crippen molar-refractivity contribution < 1.29 is 9.18 Å². The number of amides is 1. The van der Waals surface area contributed by atoms with Crippen molar-refractivity contribution in [3.05, 3.63) is 29.6 Å². The number of benzene rings is 1. The molecule has 0 heterocycles. The van der Waals surface area contributed by atoms with Crippen LogP contribution in [0.15, 0.2) is 18.2 Å². The highest BCUT2D eigenvalue weighted by molar-refractivity contribution is 5.94. The van der Waals surface area contributed by atoms with Crippen molar-refractivity contribution in [2.45, 2.75) is 39.5 Å². The van der Waals surface area contributed by atoms with Crippen LogP contribution < -0.4 is 5.32 Å². The topological polar surface area (TPSA) is 52.9 Å². The van der Waals surface area contributed by atoms with Gasteiger partial charge in [-0.15, -0.1) is 0 Å². The highest BCUT2D eigenvalue weighted by atomic mass is 19.1. The van der Waals surface area contributed by atoms with Gasteiger partial charge in [0, 0.05) is 5.92 Å². The van der Waals surface area contributed by atoms with Crippen LogP contribution in [-0.4, -0.2) is 5.91 Å². The second-order valence-electron chi connectivity index (χ2n) is 6.05. The summed E-state index contributed by atoms with van der Waals surface area (Å²) in [6.07, 6.45) is 4.03. The molecular weight excluding hydrogens is 255 g/mol. The third-order valence-corrected chi connectivity index (χ3v) is 4.21. The van der Waals surface area contributed by atoms with Gasteiger partial charge in [0.25, 0.3) is 0 Å². The molecule has 1 amide bonds. The van der Waals surface area contributed by atoms with Gasteiger partial charge in [-0.1, -0.05) is 32.8 Å². The summed E-state index contributed by atoms with van der Waals surface area (Å²) in [6.45, 7) is 4.18. The monoisotopic (exact) mass is 274 g/mol. The average molecular weight is 274 g/mol. The Morgan fingerprint density at radius 3 is 2.85 bits per heavy atom. The van der Waals surface area contributed by atoms with Gasteiger partial charge in [0.2, 0.25) is 5.91 Å². The van der Waals surface area contributed by atoms with Gasteiger partial charge < -0.3 is 5.32 Å². The normalized spacial score (nSPS) is 21.0. The maximum atomic E-state index is 13.5. The Morgan fingerprint density at radius 2 is 2.20 bits per heavy atom. The van der Waals surface area contributed by atoms with Gasteiger partial charge >= 0.3 is 0 Å². The highest BCUT2D eigenvalue weighted by Gasteiger charge is 2.37. The molecule has 4 heteroatoms. The largest absolute Gasteiger partial charge is 0.325 e. The molecule has 1 atom stereocenters. The number of hydrogen-bond acceptors (Lipinski definition) is 2. The van der Waals surface area contributed by atoms with Crippen LogP contribution in [0.1, 0.15) is 45.1 Å². The first-order valence-electron chi connectivity index (χ1n) is 6.95. The lowest BCUT2D eigenvalue weighted by Crippen LogP contribution is -2.37. The number of nitrogens with zero attached hydrogens (tertiary/aromatic N) is 1. The molecule has 2 rings (SSSR count). The predicted octanol–water partition coefficient (Wildman–Crippen LogP) is 3.85. The molecule has 0 aromatic heterocycles. The Hall–Kier alpha value is -1.89. The molecule has 0 aliphatic heterocycles. The van der Waals surface area contributed by atoms with E-state index in [0.29, 0.717) is 0 Å². The molecule has 1 saturated carbocycles. The third-order valence-electron chi connectivity index (χ3n) is 4.21. The van der Waals surface area contributed by atoms with E-state index >= 15 is 0 Å². The summed E-state index contributed by atoms with van der Waals surface area (Å²) in [7, 11) is 0. The molecule has 0 spiro atoms. The van der Waals surface area contributed by atoms with Crippen molar-refractivity contribution in [3.8, 4) is 6.07 Å². The molecular formula is C16H19FN2O. The number of nitrogens with one attached hydrogen (secondary N) is 1. The van der Waals surface area contributed by atoms with Crippen molar-refractivity contribution in [1.29, 1.82) is 5.26 Å². The minimum Gasteiger partial charge on any atom is -0.325 e. The third kappa shape index (κ3) is 2.82. The zero-order valence-electron chi connectivity index (χ0n) is 11.9. The number of halogens is 1. The number of anilines is 1. The Morgan fingerprint density at radius 1 is 1.45 bits per heavy atom. The summed E-state index contributed by atoms with van der Waals surface area (Å²) in [6, 6.07) is 6.09. The van der Waals surface area contributed by atoms with E-state index in [4.69, 9.17) is 5.26 Å². The number of carbonyl (C=O) groups excluding carboxylic acids is 1. The fourth-order valence-corrected chi connectivity index (χ4v) is 2.94. The lowest BCUT2D eigenvalue weighted by atomic mass is 9.68. The van der Waals surface area contributed by atoms with Crippen molar-refractivity contribution in [3.63, 3.8) is 0 Å². The van der Waals surface area contributed by atoms with Crippen LogP contribution >= 0.6 is 0 Å². The van der Waals surface area contributed by atoms with E-state index in [9.17, 15) is 9.18 Å². The van der Waals surface area contributed by atoms with Crippen LogP contribution in [0.3, 0.4) is 0 Å². The van der Waals surface area contributed by atoms with E-state index in [1.807, 2.05) is 0 Å². The van der Waals surface area contributed by atoms with Crippen LogP contribution in [-0.2, 0) is 4.79 Å². The van der Waals surface area contributed by atoms with Crippen LogP contribution in [0.25, 0.3) is 0 Å². The van der Waals surface area contributed by atoms with E-state index < -0.39 is 5.82 Å². The van der Waals surface area contributed by atoms with Crippen molar-refractivity contribution in [2.24, 2.45) is 11.3 Å².